The van der Waals surface area contributed by atoms with Crippen LogP contribution in [0.1, 0.15) is 73.8 Å². The molecule has 0 aliphatic carbocycles. The summed E-state index contributed by atoms with van der Waals surface area (Å²) >= 11 is 3.41. The van der Waals surface area contributed by atoms with Crippen LogP contribution in [-0.4, -0.2) is 95.0 Å². The van der Waals surface area contributed by atoms with Crippen molar-refractivity contribution < 1.29 is 28.7 Å². The number of halogens is 1. The van der Waals surface area contributed by atoms with Crippen LogP contribution in [0.5, 0.6) is 5.75 Å². The highest BCUT2D eigenvalue weighted by Gasteiger charge is 2.46. The Hall–Kier alpha value is -5.67. The van der Waals surface area contributed by atoms with E-state index in [0.717, 1.165) is 41.2 Å². The zero-order chi connectivity index (χ0) is 39.7. The fourth-order valence-corrected chi connectivity index (χ4v) is 8.13. The summed E-state index contributed by atoms with van der Waals surface area (Å²) in [5.74, 6) is -1.88. The van der Waals surface area contributed by atoms with Crippen molar-refractivity contribution in [3.63, 3.8) is 0 Å². The predicted molar refractivity (Wildman–Crippen MR) is 212 cm³/mol. The molecule has 3 atom stereocenters. The van der Waals surface area contributed by atoms with E-state index in [2.05, 4.69) is 43.6 Å². The Morgan fingerprint density at radius 2 is 1.73 bits per heavy atom. The zero-order valence-corrected chi connectivity index (χ0v) is 32.9. The van der Waals surface area contributed by atoms with Crippen molar-refractivity contribution in [2.24, 2.45) is 7.05 Å². The highest BCUT2D eigenvalue weighted by atomic mass is 79.9. The lowest BCUT2D eigenvalue weighted by Gasteiger charge is -2.37. The quantitative estimate of drug-likeness (QED) is 0.166. The first-order valence-electron chi connectivity index (χ1n) is 18.5. The minimum Gasteiger partial charge on any atom is -0.493 e. The summed E-state index contributed by atoms with van der Waals surface area (Å²) in [6, 6.07) is 19.4. The average Bonchev–Trinajstić information content (AvgIpc) is 3.45. The van der Waals surface area contributed by atoms with Crippen molar-refractivity contribution >= 4 is 56.8 Å². The van der Waals surface area contributed by atoms with E-state index in [-0.39, 0.29) is 59.8 Å². The van der Waals surface area contributed by atoms with Gasteiger partial charge in [0.2, 0.25) is 11.8 Å². The summed E-state index contributed by atoms with van der Waals surface area (Å²) in [6.07, 6.45) is 3.95. The molecule has 2 saturated heterocycles. The van der Waals surface area contributed by atoms with Gasteiger partial charge in [0, 0.05) is 50.9 Å². The third kappa shape index (κ3) is 7.86. The van der Waals surface area contributed by atoms with Gasteiger partial charge in [0.25, 0.3) is 23.3 Å². The monoisotopic (exact) mass is 823 g/mol. The number of likely N-dealkylation sites (N-methyl/N-ethyl adjacent to an activating group) is 1. The molecule has 0 spiro atoms. The standard InChI is InChI=1S/C41H42BrN7O7/c1-46-22-27(20-28(23-46)44-31-21-43-48(3)41(55)36(31)42)25-11-13-26(14-12-25)38(52)47(2)29-15-9-24(10-16-29)6-5-19-56-33-8-4-7-30-35(33)40(54)49(39(30)53)32-17-18-34(50)45-37(32)51/h4,7-16,21,27-28,32,44H,5-6,17-20,22-23H2,1-3H3,(H,45,50,51). The van der Waals surface area contributed by atoms with Gasteiger partial charge >= 0.3 is 0 Å². The topological polar surface area (TPSA) is 163 Å². The molecule has 0 bridgehead atoms. The zero-order valence-electron chi connectivity index (χ0n) is 31.3. The number of imide groups is 2. The molecule has 4 heterocycles. The molecule has 3 unspecified atom stereocenters. The number of carbonyl (C=O) groups excluding carboxylic acids is 5. The first-order valence-corrected chi connectivity index (χ1v) is 19.3. The van der Waals surface area contributed by atoms with Crippen LogP contribution >= 0.6 is 15.9 Å². The number of nitrogens with zero attached hydrogens (tertiary/aromatic N) is 5. The summed E-state index contributed by atoms with van der Waals surface area (Å²) in [4.78, 5) is 81.1. The number of aryl methyl sites for hydroxylation is 2. The fourth-order valence-electron chi connectivity index (χ4n) is 7.65. The van der Waals surface area contributed by atoms with Crippen molar-refractivity contribution in [2.45, 2.75) is 50.1 Å². The SMILES string of the molecule is CN1CC(Nc2cnn(C)c(=O)c2Br)CC(c2ccc(C(=O)N(C)c3ccc(CCCOc4cccc5c4C(=O)N(C4CCC(=O)NC4=O)C5=O)cc3)cc2)C1. The number of amides is 5. The summed E-state index contributed by atoms with van der Waals surface area (Å²) < 4.78 is 7.73. The largest absolute Gasteiger partial charge is 0.493 e. The first kappa shape index (κ1) is 38.6. The normalized spacial score (nSPS) is 19.8. The van der Waals surface area contributed by atoms with E-state index in [0.29, 0.717) is 28.6 Å². The van der Waals surface area contributed by atoms with Gasteiger partial charge in [0.05, 0.1) is 29.6 Å². The average molecular weight is 825 g/mol. The van der Waals surface area contributed by atoms with Crippen LogP contribution in [0, 0.1) is 0 Å². The maximum Gasteiger partial charge on any atom is 0.282 e. The number of hydrogen-bond acceptors (Lipinski definition) is 10. The van der Waals surface area contributed by atoms with Crippen molar-refractivity contribution in [2.75, 3.05) is 44.0 Å². The molecular formula is C41H42BrN7O7. The molecule has 14 nitrogen and oxygen atoms in total. The van der Waals surface area contributed by atoms with Gasteiger partial charge in [-0.25, -0.2) is 4.68 Å². The first-order chi connectivity index (χ1) is 26.9. The molecule has 3 aliphatic rings. The Morgan fingerprint density at radius 3 is 2.46 bits per heavy atom. The van der Waals surface area contributed by atoms with Crippen LogP contribution in [0.25, 0.3) is 0 Å². The lowest BCUT2D eigenvalue weighted by atomic mass is 9.87. The van der Waals surface area contributed by atoms with Gasteiger partial charge in [-0.1, -0.05) is 30.3 Å². The molecular weight excluding hydrogens is 782 g/mol. The second-order valence-corrected chi connectivity index (χ2v) is 15.3. The van der Waals surface area contributed by atoms with E-state index in [1.165, 1.54) is 10.7 Å². The summed E-state index contributed by atoms with van der Waals surface area (Å²) in [5, 5.41) is 9.84. The Morgan fingerprint density at radius 1 is 0.982 bits per heavy atom. The molecule has 3 aromatic carbocycles. The van der Waals surface area contributed by atoms with E-state index in [1.54, 1.807) is 37.3 Å². The van der Waals surface area contributed by atoms with Crippen molar-refractivity contribution in [3.8, 4) is 5.75 Å². The molecule has 290 valence electrons. The van der Waals surface area contributed by atoms with Crippen LogP contribution < -0.4 is 25.8 Å². The van der Waals surface area contributed by atoms with Gasteiger partial charge in [0.15, 0.2) is 0 Å². The van der Waals surface area contributed by atoms with Crippen molar-refractivity contribution in [1.82, 2.24) is 24.9 Å². The molecule has 7 rings (SSSR count). The van der Waals surface area contributed by atoms with Crippen LogP contribution in [-0.2, 0) is 23.1 Å². The Labute approximate surface area is 331 Å². The number of benzene rings is 3. The molecule has 5 amide bonds. The molecule has 2 N–H and O–H groups in total. The second-order valence-electron chi connectivity index (χ2n) is 14.5. The van der Waals surface area contributed by atoms with Gasteiger partial charge in [-0.15, -0.1) is 0 Å². The Balaban J connectivity index is 0.911. The smallest absolute Gasteiger partial charge is 0.282 e. The Kier molecular flexibility index (Phi) is 11.2. The fraction of sp³-hybridized carbons (Fsp3) is 0.341. The van der Waals surface area contributed by atoms with Crippen molar-refractivity contribution in [1.29, 1.82) is 0 Å². The lowest BCUT2D eigenvalue weighted by molar-refractivity contribution is -0.136. The van der Waals surface area contributed by atoms with Gasteiger partial charge < -0.3 is 19.9 Å². The number of rotatable bonds is 11. The van der Waals surface area contributed by atoms with Crippen LogP contribution in [0.15, 0.2) is 82.2 Å². The molecule has 0 radical (unpaired) electrons. The van der Waals surface area contributed by atoms with E-state index >= 15 is 0 Å². The third-order valence-corrected chi connectivity index (χ3v) is 11.4. The highest BCUT2D eigenvalue weighted by molar-refractivity contribution is 9.10. The van der Waals surface area contributed by atoms with Crippen LogP contribution in [0.4, 0.5) is 11.4 Å². The molecule has 4 aromatic rings. The number of fused-ring (bicyclic) bond motifs is 1. The maximum atomic E-state index is 13.5. The van der Waals surface area contributed by atoms with Gasteiger partial charge in [-0.3, -0.25) is 39.0 Å². The minimum absolute atomic E-state index is 0.0488. The molecule has 0 saturated carbocycles. The maximum absolute atomic E-state index is 13.5. The number of nitrogens with one attached hydrogen (secondary N) is 2. The number of aromatic nitrogens is 2. The van der Waals surface area contributed by atoms with Gasteiger partial charge in [-0.2, -0.15) is 5.10 Å². The molecule has 3 aliphatic heterocycles. The summed E-state index contributed by atoms with van der Waals surface area (Å²) in [5.41, 5.74) is 4.29. The van der Waals surface area contributed by atoms with Crippen LogP contribution in [0.3, 0.4) is 0 Å². The predicted octanol–water partition coefficient (Wildman–Crippen LogP) is 4.13. The number of likely N-dealkylation sites (tertiary alicyclic amines) is 1. The van der Waals surface area contributed by atoms with Crippen LogP contribution in [0.2, 0.25) is 0 Å². The molecule has 2 fully saturated rings. The van der Waals surface area contributed by atoms with Gasteiger partial charge in [0.1, 0.15) is 16.3 Å². The number of hydrogen-bond donors (Lipinski definition) is 2. The summed E-state index contributed by atoms with van der Waals surface area (Å²) in [6.45, 7) is 1.98. The van der Waals surface area contributed by atoms with E-state index in [4.69, 9.17) is 4.74 Å². The molecule has 56 heavy (non-hydrogen) atoms. The van der Waals surface area contributed by atoms with E-state index in [1.807, 2.05) is 48.5 Å². The number of carbonyl (C=O) groups is 5. The van der Waals surface area contributed by atoms with E-state index < -0.39 is 29.7 Å². The third-order valence-electron chi connectivity index (χ3n) is 10.6. The number of anilines is 2. The van der Waals surface area contributed by atoms with Gasteiger partial charge in [-0.05, 0) is 102 Å². The molecule has 15 heteroatoms. The van der Waals surface area contributed by atoms with Crippen molar-refractivity contribution in [3.05, 3.63) is 116 Å². The second kappa shape index (κ2) is 16.2. The lowest BCUT2D eigenvalue weighted by Crippen LogP contribution is -2.54. The summed E-state index contributed by atoms with van der Waals surface area (Å²) in [7, 11) is 5.44. The Bertz CT molecular complexity index is 2260. The number of ether oxygens (including phenoxy) is 1. The number of piperidine rings is 2. The van der Waals surface area contributed by atoms with E-state index in [9.17, 15) is 28.8 Å². The minimum atomic E-state index is -1.04. The highest BCUT2D eigenvalue weighted by Crippen LogP contribution is 2.34. The molecule has 1 aromatic heterocycles.